The average Bonchev–Trinajstić information content (AvgIpc) is 2.54. The molecule has 0 radical (unpaired) electrons. The minimum atomic E-state index is -3.08. The van der Waals surface area contributed by atoms with Crippen molar-refractivity contribution in [2.45, 2.75) is 25.3 Å². The number of nitrogens with zero attached hydrogens (tertiary/aromatic N) is 1. The highest BCUT2D eigenvalue weighted by molar-refractivity contribution is 8.01. The third-order valence-electron chi connectivity index (χ3n) is 4.05. The summed E-state index contributed by atoms with van der Waals surface area (Å²) >= 11 is 1.73. The van der Waals surface area contributed by atoms with Gasteiger partial charge in [0.1, 0.15) is 5.37 Å². The van der Waals surface area contributed by atoms with E-state index in [4.69, 9.17) is 0 Å². The SMILES string of the molecule is CCS(=O)(=O)C1CSCCN1c1ccccc1C(C)NC. The fraction of sp³-hybridized carbons (Fsp3) is 0.600. The molecule has 0 aliphatic carbocycles. The van der Waals surface area contributed by atoms with Gasteiger partial charge in [0, 0.05) is 35.5 Å². The van der Waals surface area contributed by atoms with E-state index < -0.39 is 15.2 Å². The van der Waals surface area contributed by atoms with Gasteiger partial charge in [-0.25, -0.2) is 8.42 Å². The van der Waals surface area contributed by atoms with Crippen LogP contribution in [0.2, 0.25) is 0 Å². The zero-order chi connectivity index (χ0) is 15.5. The standard InChI is InChI=1S/C15H24N2O2S2/c1-4-21(18,19)15-11-20-10-9-17(15)14-8-6-5-7-13(14)12(2)16-3/h5-8,12,15-16H,4,9-11H2,1-3H3. The summed E-state index contributed by atoms with van der Waals surface area (Å²) in [5.74, 6) is 1.81. The first kappa shape index (κ1) is 16.6. The minimum Gasteiger partial charge on any atom is -0.353 e. The molecule has 21 heavy (non-hydrogen) atoms. The first-order valence-electron chi connectivity index (χ1n) is 7.33. The van der Waals surface area contributed by atoms with E-state index in [0.717, 1.165) is 23.5 Å². The molecule has 1 N–H and O–H groups in total. The van der Waals surface area contributed by atoms with Crippen LogP contribution >= 0.6 is 11.8 Å². The number of thioether (sulfide) groups is 1. The number of para-hydroxylation sites is 1. The molecule has 2 unspecified atom stereocenters. The van der Waals surface area contributed by atoms with Gasteiger partial charge in [-0.3, -0.25) is 0 Å². The Morgan fingerprint density at radius 3 is 2.81 bits per heavy atom. The molecule has 4 nitrogen and oxygen atoms in total. The number of hydrogen-bond donors (Lipinski definition) is 1. The molecule has 1 aliphatic rings. The lowest BCUT2D eigenvalue weighted by Gasteiger charge is -2.38. The largest absolute Gasteiger partial charge is 0.353 e. The van der Waals surface area contributed by atoms with Crippen molar-refractivity contribution in [2.24, 2.45) is 0 Å². The van der Waals surface area contributed by atoms with Crippen molar-refractivity contribution in [3.63, 3.8) is 0 Å². The van der Waals surface area contributed by atoms with Crippen LogP contribution in [0.5, 0.6) is 0 Å². The first-order valence-corrected chi connectivity index (χ1v) is 10.2. The van der Waals surface area contributed by atoms with E-state index in [-0.39, 0.29) is 11.8 Å². The molecule has 0 amide bonds. The van der Waals surface area contributed by atoms with Gasteiger partial charge in [0.15, 0.2) is 9.84 Å². The Balaban J connectivity index is 2.43. The summed E-state index contributed by atoms with van der Waals surface area (Å²) in [5, 5.41) is 2.84. The highest BCUT2D eigenvalue weighted by Crippen LogP contribution is 2.32. The maximum atomic E-state index is 12.4. The van der Waals surface area contributed by atoms with Gasteiger partial charge in [-0.05, 0) is 25.6 Å². The molecule has 1 saturated heterocycles. The van der Waals surface area contributed by atoms with Crippen LogP contribution in [0.1, 0.15) is 25.5 Å². The van der Waals surface area contributed by atoms with Crippen LogP contribution in [-0.4, -0.2) is 44.6 Å². The number of anilines is 1. The van der Waals surface area contributed by atoms with Crippen molar-refractivity contribution in [2.75, 3.05) is 35.8 Å². The lowest BCUT2D eigenvalue weighted by Crippen LogP contribution is -2.48. The van der Waals surface area contributed by atoms with Crippen molar-refractivity contribution in [1.82, 2.24) is 5.32 Å². The lowest BCUT2D eigenvalue weighted by molar-refractivity contribution is 0.578. The van der Waals surface area contributed by atoms with Gasteiger partial charge in [0.25, 0.3) is 0 Å². The second-order valence-electron chi connectivity index (χ2n) is 5.24. The third-order valence-corrected chi connectivity index (χ3v) is 7.34. The van der Waals surface area contributed by atoms with Crippen molar-refractivity contribution in [1.29, 1.82) is 0 Å². The van der Waals surface area contributed by atoms with E-state index in [1.807, 2.05) is 25.2 Å². The molecule has 1 aromatic carbocycles. The Labute approximate surface area is 132 Å². The molecule has 1 aliphatic heterocycles. The Kier molecular flexibility index (Phi) is 5.57. The van der Waals surface area contributed by atoms with Gasteiger partial charge in [-0.15, -0.1) is 0 Å². The van der Waals surface area contributed by atoms with Gasteiger partial charge in [0.2, 0.25) is 0 Å². The Morgan fingerprint density at radius 2 is 2.14 bits per heavy atom. The van der Waals surface area contributed by atoms with Crippen molar-refractivity contribution >= 4 is 27.3 Å². The highest BCUT2D eigenvalue weighted by Gasteiger charge is 2.34. The number of benzene rings is 1. The van der Waals surface area contributed by atoms with Crippen LogP contribution < -0.4 is 10.2 Å². The fourth-order valence-electron chi connectivity index (χ4n) is 2.62. The molecule has 0 aromatic heterocycles. The van der Waals surface area contributed by atoms with Gasteiger partial charge >= 0.3 is 0 Å². The molecule has 0 bridgehead atoms. The Morgan fingerprint density at radius 1 is 1.43 bits per heavy atom. The first-order chi connectivity index (χ1) is 10.0. The van der Waals surface area contributed by atoms with Crippen LogP contribution in [0.4, 0.5) is 5.69 Å². The van der Waals surface area contributed by atoms with Crippen molar-refractivity contribution < 1.29 is 8.42 Å². The number of rotatable bonds is 5. The Hall–Kier alpha value is -0.720. The van der Waals surface area contributed by atoms with Gasteiger partial charge < -0.3 is 10.2 Å². The molecule has 1 aromatic rings. The summed E-state index contributed by atoms with van der Waals surface area (Å²) in [6.07, 6.45) is 0. The maximum Gasteiger partial charge on any atom is 0.171 e. The van der Waals surface area contributed by atoms with Gasteiger partial charge in [-0.1, -0.05) is 25.1 Å². The van der Waals surface area contributed by atoms with Crippen molar-refractivity contribution in [3.8, 4) is 0 Å². The zero-order valence-corrected chi connectivity index (χ0v) is 14.5. The predicted molar refractivity (Wildman–Crippen MR) is 91.8 cm³/mol. The third kappa shape index (κ3) is 3.55. The molecular formula is C15H24N2O2S2. The summed E-state index contributed by atoms with van der Waals surface area (Å²) in [5.41, 5.74) is 2.20. The molecular weight excluding hydrogens is 304 g/mol. The van der Waals surface area contributed by atoms with Crippen LogP contribution in [0.15, 0.2) is 24.3 Å². The molecule has 0 spiro atoms. The second-order valence-corrected chi connectivity index (χ2v) is 8.84. The minimum absolute atomic E-state index is 0.193. The van der Waals surface area contributed by atoms with Crippen LogP contribution in [-0.2, 0) is 9.84 Å². The van der Waals surface area contributed by atoms with Crippen molar-refractivity contribution in [3.05, 3.63) is 29.8 Å². The fourth-order valence-corrected chi connectivity index (χ4v) is 5.60. The topological polar surface area (TPSA) is 49.4 Å². The van der Waals surface area contributed by atoms with Crippen LogP contribution in [0.3, 0.4) is 0 Å². The molecule has 1 heterocycles. The van der Waals surface area contributed by atoms with Crippen LogP contribution in [0, 0.1) is 0 Å². The highest BCUT2D eigenvalue weighted by atomic mass is 32.2. The summed E-state index contributed by atoms with van der Waals surface area (Å²) < 4.78 is 24.8. The zero-order valence-electron chi connectivity index (χ0n) is 12.9. The molecule has 6 heteroatoms. The number of sulfone groups is 1. The smallest absolute Gasteiger partial charge is 0.171 e. The Bertz CT molecular complexity index is 575. The second kappa shape index (κ2) is 7.03. The maximum absolute atomic E-state index is 12.4. The normalized spacial score (nSPS) is 21.3. The van der Waals surface area contributed by atoms with E-state index in [0.29, 0.717) is 5.75 Å². The average molecular weight is 329 g/mol. The molecule has 2 atom stereocenters. The summed E-state index contributed by atoms with van der Waals surface area (Å²) in [6, 6.07) is 8.30. The monoisotopic (exact) mass is 328 g/mol. The molecule has 0 saturated carbocycles. The molecule has 1 fully saturated rings. The van der Waals surface area contributed by atoms with E-state index in [1.54, 1.807) is 18.7 Å². The van der Waals surface area contributed by atoms with E-state index >= 15 is 0 Å². The van der Waals surface area contributed by atoms with Crippen LogP contribution in [0.25, 0.3) is 0 Å². The summed E-state index contributed by atoms with van der Waals surface area (Å²) in [6.45, 7) is 4.61. The number of nitrogens with one attached hydrogen (secondary N) is 1. The van der Waals surface area contributed by atoms with Gasteiger partial charge in [-0.2, -0.15) is 11.8 Å². The summed E-state index contributed by atoms with van der Waals surface area (Å²) in [4.78, 5) is 2.08. The predicted octanol–water partition coefficient (Wildman–Crippen LogP) is 2.28. The quantitative estimate of drug-likeness (QED) is 0.899. The molecule has 2 rings (SSSR count). The molecule has 118 valence electrons. The van der Waals surface area contributed by atoms with E-state index in [2.05, 4.69) is 23.2 Å². The van der Waals surface area contributed by atoms with Gasteiger partial charge in [0.05, 0.1) is 0 Å². The number of hydrogen-bond acceptors (Lipinski definition) is 5. The summed E-state index contributed by atoms with van der Waals surface area (Å²) in [7, 11) is -1.16. The van der Waals surface area contributed by atoms with E-state index in [1.165, 1.54) is 0 Å². The van der Waals surface area contributed by atoms with E-state index in [9.17, 15) is 8.42 Å². The lowest BCUT2D eigenvalue weighted by atomic mass is 10.1.